The average molecular weight is 291 g/mol. The summed E-state index contributed by atoms with van der Waals surface area (Å²) in [7, 11) is -3.67. The third kappa shape index (κ3) is 3.65. The molecule has 0 atom stereocenters. The van der Waals surface area contributed by atoms with Crippen LogP contribution in [0.25, 0.3) is 0 Å². The van der Waals surface area contributed by atoms with Crippen molar-refractivity contribution < 1.29 is 8.42 Å². The van der Waals surface area contributed by atoms with Gasteiger partial charge in [-0.05, 0) is 44.2 Å². The monoisotopic (exact) mass is 291 g/mol. The number of nitrogens with one attached hydrogen (secondary N) is 1. The number of allylic oxidation sites excluding steroid dienone is 1. The second-order valence-corrected chi connectivity index (χ2v) is 6.45. The van der Waals surface area contributed by atoms with E-state index < -0.39 is 10.0 Å². The van der Waals surface area contributed by atoms with Crippen molar-refractivity contribution in [3.8, 4) is 6.07 Å². The van der Waals surface area contributed by atoms with Crippen LogP contribution in [0.15, 0.2) is 34.9 Å². The van der Waals surface area contributed by atoms with Gasteiger partial charge in [0.15, 0.2) is 5.69 Å². The molecule has 5 nitrogen and oxygen atoms in total. The van der Waals surface area contributed by atoms with Crippen molar-refractivity contribution in [2.75, 3.05) is 6.54 Å². The van der Waals surface area contributed by atoms with Crippen LogP contribution in [0, 0.1) is 11.3 Å². The Morgan fingerprint density at radius 1 is 1.40 bits per heavy atom. The number of pyridine rings is 1. The summed E-state index contributed by atoms with van der Waals surface area (Å²) in [5.41, 5.74) is 1.24. The van der Waals surface area contributed by atoms with Gasteiger partial charge in [0.2, 0.25) is 10.0 Å². The molecule has 0 aliphatic heterocycles. The van der Waals surface area contributed by atoms with Crippen LogP contribution in [0.2, 0.25) is 0 Å². The minimum Gasteiger partial charge on any atom is -0.244 e. The van der Waals surface area contributed by atoms with Crippen LogP contribution in [-0.2, 0) is 10.0 Å². The molecule has 0 bridgehead atoms. The SMILES string of the molecule is N#Cc1ncccc1S(=O)(=O)NCCC1=CCCCC1. The van der Waals surface area contributed by atoms with E-state index in [0.717, 1.165) is 19.3 Å². The standard InChI is InChI=1S/C14H17N3O2S/c15-11-13-14(7-4-9-16-13)20(18,19)17-10-8-12-5-2-1-3-6-12/h4-5,7,9,17H,1-3,6,8,10H2. The highest BCUT2D eigenvalue weighted by atomic mass is 32.2. The maximum absolute atomic E-state index is 12.1. The first kappa shape index (κ1) is 14.7. The van der Waals surface area contributed by atoms with E-state index in [1.54, 1.807) is 6.07 Å². The van der Waals surface area contributed by atoms with Gasteiger partial charge >= 0.3 is 0 Å². The number of sulfonamides is 1. The second kappa shape index (κ2) is 6.64. The largest absolute Gasteiger partial charge is 0.244 e. The Balaban J connectivity index is 2.01. The number of hydrogen-bond donors (Lipinski definition) is 1. The lowest BCUT2D eigenvalue weighted by molar-refractivity contribution is 0.578. The Morgan fingerprint density at radius 3 is 2.95 bits per heavy atom. The van der Waals surface area contributed by atoms with Gasteiger partial charge in [0, 0.05) is 12.7 Å². The average Bonchev–Trinajstić information content (AvgIpc) is 2.48. The van der Waals surface area contributed by atoms with E-state index in [4.69, 9.17) is 5.26 Å². The highest BCUT2D eigenvalue weighted by molar-refractivity contribution is 7.89. The zero-order chi connectivity index (χ0) is 14.4. The highest BCUT2D eigenvalue weighted by Gasteiger charge is 2.18. The summed E-state index contributed by atoms with van der Waals surface area (Å²) in [5.74, 6) is 0. The molecule has 2 rings (SSSR count). The lowest BCUT2D eigenvalue weighted by atomic mass is 9.97. The van der Waals surface area contributed by atoms with Crippen LogP contribution >= 0.6 is 0 Å². The Bertz CT molecular complexity index is 645. The van der Waals surface area contributed by atoms with Gasteiger partial charge in [0.25, 0.3) is 0 Å². The van der Waals surface area contributed by atoms with Gasteiger partial charge in [-0.15, -0.1) is 0 Å². The van der Waals surface area contributed by atoms with Gasteiger partial charge < -0.3 is 0 Å². The fraction of sp³-hybridized carbons (Fsp3) is 0.429. The number of nitrogens with zero attached hydrogens (tertiary/aromatic N) is 2. The molecule has 20 heavy (non-hydrogen) atoms. The predicted molar refractivity (Wildman–Crippen MR) is 75.3 cm³/mol. The first-order valence-corrected chi connectivity index (χ1v) is 8.14. The van der Waals surface area contributed by atoms with Crippen LogP contribution in [0.5, 0.6) is 0 Å². The molecule has 1 aliphatic rings. The Labute approximate surface area is 119 Å². The topological polar surface area (TPSA) is 82.8 Å². The predicted octanol–water partition coefficient (Wildman–Crippen LogP) is 2.12. The molecule has 0 saturated carbocycles. The summed E-state index contributed by atoms with van der Waals surface area (Å²) in [6.07, 6.45) is 8.87. The van der Waals surface area contributed by atoms with Gasteiger partial charge in [-0.2, -0.15) is 5.26 Å². The molecule has 0 saturated heterocycles. The van der Waals surface area contributed by atoms with Crippen molar-refractivity contribution in [2.24, 2.45) is 0 Å². The van der Waals surface area contributed by atoms with Crippen molar-refractivity contribution in [3.05, 3.63) is 35.7 Å². The molecular weight excluding hydrogens is 274 g/mol. The third-order valence-electron chi connectivity index (χ3n) is 3.29. The first-order valence-electron chi connectivity index (χ1n) is 6.66. The van der Waals surface area contributed by atoms with E-state index >= 15 is 0 Å². The second-order valence-electron chi connectivity index (χ2n) is 4.72. The summed E-state index contributed by atoms with van der Waals surface area (Å²) in [6.45, 7) is 0.355. The zero-order valence-electron chi connectivity index (χ0n) is 11.2. The minimum absolute atomic E-state index is 0.0554. The van der Waals surface area contributed by atoms with Crippen molar-refractivity contribution in [1.82, 2.24) is 9.71 Å². The summed E-state index contributed by atoms with van der Waals surface area (Å²) >= 11 is 0. The maximum atomic E-state index is 12.1. The lowest BCUT2D eigenvalue weighted by Crippen LogP contribution is -2.26. The fourth-order valence-electron chi connectivity index (χ4n) is 2.25. The Kier molecular flexibility index (Phi) is 4.88. The molecule has 1 heterocycles. The Morgan fingerprint density at radius 2 is 2.25 bits per heavy atom. The van der Waals surface area contributed by atoms with Crippen molar-refractivity contribution in [1.29, 1.82) is 5.26 Å². The number of rotatable bonds is 5. The lowest BCUT2D eigenvalue weighted by Gasteiger charge is -2.13. The van der Waals surface area contributed by atoms with E-state index in [2.05, 4.69) is 15.8 Å². The van der Waals surface area contributed by atoms with Gasteiger partial charge in [-0.25, -0.2) is 18.1 Å². The number of aromatic nitrogens is 1. The van der Waals surface area contributed by atoms with E-state index in [0.29, 0.717) is 6.54 Å². The van der Waals surface area contributed by atoms with Gasteiger partial charge in [-0.3, -0.25) is 0 Å². The smallest absolute Gasteiger partial charge is 0.243 e. The molecular formula is C14H17N3O2S. The van der Waals surface area contributed by atoms with E-state index in [-0.39, 0.29) is 10.6 Å². The van der Waals surface area contributed by atoms with Crippen LogP contribution in [0.1, 0.15) is 37.8 Å². The highest BCUT2D eigenvalue weighted by Crippen LogP contribution is 2.20. The van der Waals surface area contributed by atoms with E-state index in [1.807, 2.05) is 0 Å². The summed E-state index contributed by atoms with van der Waals surface area (Å²) < 4.78 is 26.8. The van der Waals surface area contributed by atoms with Gasteiger partial charge in [-0.1, -0.05) is 11.6 Å². The van der Waals surface area contributed by atoms with Crippen molar-refractivity contribution in [3.63, 3.8) is 0 Å². The third-order valence-corrected chi connectivity index (χ3v) is 4.78. The number of hydrogen-bond acceptors (Lipinski definition) is 4. The summed E-state index contributed by atoms with van der Waals surface area (Å²) in [5, 5.41) is 8.90. The normalized spacial score (nSPS) is 15.4. The van der Waals surface area contributed by atoms with Crippen molar-refractivity contribution in [2.45, 2.75) is 37.0 Å². The molecule has 0 spiro atoms. The van der Waals surface area contributed by atoms with Crippen LogP contribution in [-0.4, -0.2) is 19.9 Å². The molecule has 0 amide bonds. The zero-order valence-corrected chi connectivity index (χ0v) is 12.0. The molecule has 0 fully saturated rings. The van der Waals surface area contributed by atoms with Crippen molar-refractivity contribution >= 4 is 10.0 Å². The molecule has 0 aromatic carbocycles. The molecule has 1 aliphatic carbocycles. The number of nitriles is 1. The maximum Gasteiger partial charge on any atom is 0.243 e. The Hall–Kier alpha value is -1.71. The first-order chi connectivity index (χ1) is 9.63. The molecule has 1 aromatic rings. The van der Waals surface area contributed by atoms with E-state index in [9.17, 15) is 8.42 Å². The molecule has 106 valence electrons. The van der Waals surface area contributed by atoms with Gasteiger partial charge in [0.1, 0.15) is 11.0 Å². The molecule has 6 heteroatoms. The quantitative estimate of drug-likeness (QED) is 0.842. The molecule has 0 radical (unpaired) electrons. The fourth-order valence-corrected chi connectivity index (χ4v) is 3.38. The molecule has 1 aromatic heterocycles. The minimum atomic E-state index is -3.67. The van der Waals surface area contributed by atoms with E-state index in [1.165, 1.54) is 36.7 Å². The summed E-state index contributed by atoms with van der Waals surface area (Å²) in [6, 6.07) is 4.71. The van der Waals surface area contributed by atoms with Gasteiger partial charge in [0.05, 0.1) is 0 Å². The summed E-state index contributed by atoms with van der Waals surface area (Å²) in [4.78, 5) is 3.71. The van der Waals surface area contributed by atoms with Crippen LogP contribution in [0.4, 0.5) is 0 Å². The molecule has 0 unspecified atom stereocenters. The van der Waals surface area contributed by atoms with Crippen LogP contribution < -0.4 is 4.72 Å². The molecule has 1 N–H and O–H groups in total. The van der Waals surface area contributed by atoms with Crippen LogP contribution in [0.3, 0.4) is 0 Å².